The molecule has 1 heterocycles. The smallest absolute Gasteiger partial charge is 0.237 e. The number of nitrogens with zero attached hydrogens (tertiary/aromatic N) is 4. The molecule has 0 radical (unpaired) electrons. The number of carbonyl (C=O) groups is 2. The molecule has 0 aliphatic heterocycles. The van der Waals surface area contributed by atoms with Gasteiger partial charge < -0.3 is 16.4 Å². The van der Waals surface area contributed by atoms with Crippen LogP contribution in [0.25, 0.3) is 0 Å². The molecular weight excluding hydrogens is 224 g/mol. The highest BCUT2D eigenvalue weighted by Gasteiger charge is 2.15. The number of nitriles is 1. The van der Waals surface area contributed by atoms with Crippen LogP contribution in [0.5, 0.6) is 0 Å². The van der Waals surface area contributed by atoms with Crippen LogP contribution < -0.4 is 16.4 Å². The summed E-state index contributed by atoms with van der Waals surface area (Å²) in [7, 11) is 0. The molecule has 0 aliphatic carbocycles. The van der Waals surface area contributed by atoms with Crippen molar-refractivity contribution in [2.75, 3.05) is 18.0 Å². The third-order valence-electron chi connectivity index (χ3n) is 1.73. The summed E-state index contributed by atoms with van der Waals surface area (Å²) in [6.07, 6.45) is 1.34. The van der Waals surface area contributed by atoms with Crippen molar-refractivity contribution in [2.45, 2.75) is 0 Å². The Labute approximate surface area is 96.9 Å². The first-order valence-electron chi connectivity index (χ1n) is 4.57. The van der Waals surface area contributed by atoms with E-state index in [1.165, 1.54) is 17.2 Å². The molecule has 0 unspecified atom stereocenters. The predicted octanol–water partition coefficient (Wildman–Crippen LogP) is -1.87. The maximum absolute atomic E-state index is 10.8. The number of anilines is 1. The fourth-order valence-electron chi connectivity index (χ4n) is 1.14. The van der Waals surface area contributed by atoms with Gasteiger partial charge in [0.2, 0.25) is 17.8 Å². The maximum atomic E-state index is 10.8. The second-order valence-electron chi connectivity index (χ2n) is 3.14. The Balaban J connectivity index is 2.99. The van der Waals surface area contributed by atoms with Crippen molar-refractivity contribution >= 4 is 17.8 Å². The van der Waals surface area contributed by atoms with Crippen LogP contribution in [0.2, 0.25) is 0 Å². The van der Waals surface area contributed by atoms with E-state index in [1.54, 1.807) is 0 Å². The number of amides is 2. The zero-order valence-electron chi connectivity index (χ0n) is 8.83. The highest BCUT2D eigenvalue weighted by molar-refractivity contribution is 5.83. The number of rotatable bonds is 5. The van der Waals surface area contributed by atoms with Gasteiger partial charge in [-0.1, -0.05) is 0 Å². The first-order valence-corrected chi connectivity index (χ1v) is 4.57. The zero-order valence-corrected chi connectivity index (χ0v) is 8.83. The molecule has 88 valence electrons. The van der Waals surface area contributed by atoms with Crippen molar-refractivity contribution < 1.29 is 9.59 Å². The molecule has 1 aromatic heterocycles. The van der Waals surface area contributed by atoms with Crippen molar-refractivity contribution in [2.24, 2.45) is 11.5 Å². The van der Waals surface area contributed by atoms with Gasteiger partial charge in [-0.05, 0) is 6.07 Å². The molecule has 1 rings (SSSR count). The Morgan fingerprint density at radius 1 is 1.35 bits per heavy atom. The number of hydrogen-bond acceptors (Lipinski definition) is 6. The molecule has 0 aromatic carbocycles. The van der Waals surface area contributed by atoms with E-state index in [-0.39, 0.29) is 24.7 Å². The van der Waals surface area contributed by atoms with Crippen LogP contribution >= 0.6 is 0 Å². The molecular formula is C9H10N6O2. The van der Waals surface area contributed by atoms with Gasteiger partial charge >= 0.3 is 0 Å². The Bertz CT molecular complexity index is 465. The predicted molar refractivity (Wildman–Crippen MR) is 57.3 cm³/mol. The lowest BCUT2D eigenvalue weighted by Crippen LogP contribution is -2.40. The van der Waals surface area contributed by atoms with E-state index in [0.29, 0.717) is 0 Å². The minimum atomic E-state index is -0.655. The fourth-order valence-corrected chi connectivity index (χ4v) is 1.14. The summed E-state index contributed by atoms with van der Waals surface area (Å²) in [5.41, 5.74) is 10.2. The van der Waals surface area contributed by atoms with Gasteiger partial charge in [0, 0.05) is 6.20 Å². The molecule has 8 nitrogen and oxygen atoms in total. The average Bonchev–Trinajstić information content (AvgIpc) is 2.27. The number of hydrogen-bond donors (Lipinski definition) is 2. The molecule has 4 N–H and O–H groups in total. The highest BCUT2D eigenvalue weighted by Crippen LogP contribution is 2.06. The first kappa shape index (κ1) is 12.4. The third kappa shape index (κ3) is 3.75. The lowest BCUT2D eigenvalue weighted by Gasteiger charge is -2.18. The Kier molecular flexibility index (Phi) is 3.94. The average molecular weight is 234 g/mol. The normalized spacial score (nSPS) is 9.35. The Hall–Kier alpha value is -2.69. The van der Waals surface area contributed by atoms with Crippen LogP contribution in [0.15, 0.2) is 12.3 Å². The molecule has 17 heavy (non-hydrogen) atoms. The van der Waals surface area contributed by atoms with Crippen LogP contribution in [0.4, 0.5) is 5.95 Å². The molecule has 1 aromatic rings. The van der Waals surface area contributed by atoms with E-state index in [1.807, 2.05) is 6.07 Å². The van der Waals surface area contributed by atoms with Crippen LogP contribution in [-0.2, 0) is 9.59 Å². The minimum Gasteiger partial charge on any atom is -0.368 e. The number of carbonyl (C=O) groups excluding carboxylic acids is 2. The van der Waals surface area contributed by atoms with Crippen LogP contribution in [0.3, 0.4) is 0 Å². The van der Waals surface area contributed by atoms with Gasteiger partial charge in [0.1, 0.15) is 24.9 Å². The van der Waals surface area contributed by atoms with Gasteiger partial charge in [-0.2, -0.15) is 5.26 Å². The van der Waals surface area contributed by atoms with Crippen LogP contribution in [0, 0.1) is 11.3 Å². The lowest BCUT2D eigenvalue weighted by molar-refractivity contribution is -0.117. The largest absolute Gasteiger partial charge is 0.368 e. The van der Waals surface area contributed by atoms with Crippen molar-refractivity contribution in [3.63, 3.8) is 0 Å². The lowest BCUT2D eigenvalue weighted by atomic mass is 10.4. The first-order chi connectivity index (χ1) is 8.02. The summed E-state index contributed by atoms with van der Waals surface area (Å²) < 4.78 is 0. The quantitative estimate of drug-likeness (QED) is 0.611. The second kappa shape index (κ2) is 5.41. The van der Waals surface area contributed by atoms with Crippen molar-refractivity contribution in [3.8, 4) is 6.07 Å². The Morgan fingerprint density at radius 2 is 1.94 bits per heavy atom. The van der Waals surface area contributed by atoms with Gasteiger partial charge in [-0.3, -0.25) is 9.59 Å². The molecule has 0 saturated carbocycles. The SMILES string of the molecule is N#Cc1ccnc(N(CC(N)=O)CC(N)=O)n1. The van der Waals surface area contributed by atoms with Crippen LogP contribution in [0.1, 0.15) is 5.69 Å². The minimum absolute atomic E-state index is 0.0571. The molecule has 0 atom stereocenters. The van der Waals surface area contributed by atoms with Crippen LogP contribution in [-0.4, -0.2) is 34.9 Å². The molecule has 0 spiro atoms. The van der Waals surface area contributed by atoms with Crippen molar-refractivity contribution in [1.82, 2.24) is 9.97 Å². The maximum Gasteiger partial charge on any atom is 0.237 e. The Morgan fingerprint density at radius 3 is 2.41 bits per heavy atom. The summed E-state index contributed by atoms with van der Waals surface area (Å²) in [5, 5.41) is 8.67. The number of aromatic nitrogens is 2. The summed E-state index contributed by atoms with van der Waals surface area (Å²) in [6, 6.07) is 3.22. The fraction of sp³-hybridized carbons (Fsp3) is 0.222. The van der Waals surface area contributed by atoms with Gasteiger partial charge in [0.25, 0.3) is 0 Å². The molecule has 0 fully saturated rings. The molecule has 0 saturated heterocycles. The van der Waals surface area contributed by atoms with Gasteiger partial charge in [-0.25, -0.2) is 9.97 Å². The molecule has 0 bridgehead atoms. The highest BCUT2D eigenvalue weighted by atomic mass is 16.2. The van der Waals surface area contributed by atoms with Crippen molar-refractivity contribution in [3.05, 3.63) is 18.0 Å². The third-order valence-corrected chi connectivity index (χ3v) is 1.73. The van der Waals surface area contributed by atoms with Gasteiger partial charge in [-0.15, -0.1) is 0 Å². The standard InChI is InChI=1S/C9H10N6O2/c10-3-6-1-2-13-9(14-6)15(4-7(11)16)5-8(12)17/h1-2H,4-5H2,(H2,11,16)(H2,12,17). The number of primary amides is 2. The van der Waals surface area contributed by atoms with E-state index in [4.69, 9.17) is 16.7 Å². The monoisotopic (exact) mass is 234 g/mol. The van der Waals surface area contributed by atoms with Gasteiger partial charge in [0.15, 0.2) is 0 Å². The van der Waals surface area contributed by atoms with E-state index in [2.05, 4.69) is 9.97 Å². The zero-order chi connectivity index (χ0) is 12.8. The molecule has 8 heteroatoms. The summed E-state index contributed by atoms with van der Waals surface area (Å²) in [6.45, 7) is -0.504. The summed E-state index contributed by atoms with van der Waals surface area (Å²) >= 11 is 0. The van der Waals surface area contributed by atoms with Gasteiger partial charge in [0.05, 0.1) is 0 Å². The topological polar surface area (TPSA) is 139 Å². The summed E-state index contributed by atoms with van der Waals surface area (Å²) in [5.74, 6) is -1.25. The van der Waals surface area contributed by atoms with Crippen molar-refractivity contribution in [1.29, 1.82) is 5.26 Å². The molecule has 0 aliphatic rings. The number of nitrogens with two attached hydrogens (primary N) is 2. The molecule has 2 amide bonds. The van der Waals surface area contributed by atoms with E-state index in [0.717, 1.165) is 0 Å². The summed E-state index contributed by atoms with van der Waals surface area (Å²) in [4.78, 5) is 30.5. The van der Waals surface area contributed by atoms with E-state index >= 15 is 0 Å². The van der Waals surface area contributed by atoms with E-state index in [9.17, 15) is 9.59 Å². The van der Waals surface area contributed by atoms with E-state index < -0.39 is 11.8 Å². The second-order valence-corrected chi connectivity index (χ2v) is 3.14.